The molecule has 0 saturated carbocycles. The maximum atomic E-state index is 12.1. The number of hydrogen-bond acceptors (Lipinski definition) is 5. The Hall–Kier alpha value is -1.85. The van der Waals surface area contributed by atoms with Crippen LogP contribution < -0.4 is 20.4 Å². The minimum absolute atomic E-state index is 0.133. The number of nitrogens with zero attached hydrogens (tertiary/aromatic N) is 2. The van der Waals surface area contributed by atoms with Crippen molar-refractivity contribution < 1.29 is 19.1 Å². The van der Waals surface area contributed by atoms with Gasteiger partial charge in [0.15, 0.2) is 0 Å². The smallest absolute Gasteiger partial charge is 0.414 e. The molecule has 1 aromatic rings. The minimum Gasteiger partial charge on any atom is -0.442 e. The van der Waals surface area contributed by atoms with E-state index in [-0.39, 0.29) is 18.1 Å². The zero-order valence-electron chi connectivity index (χ0n) is 13.7. The molecule has 2 aliphatic heterocycles. The van der Waals surface area contributed by atoms with Crippen LogP contribution in [0.2, 0.25) is 0 Å². The lowest BCUT2D eigenvalue weighted by molar-refractivity contribution is -0.119. The Morgan fingerprint density at radius 1 is 1.38 bits per heavy atom. The van der Waals surface area contributed by atoms with Gasteiger partial charge < -0.3 is 19.7 Å². The van der Waals surface area contributed by atoms with Gasteiger partial charge >= 0.3 is 6.09 Å². The molecule has 8 heteroatoms. The molecule has 2 saturated heterocycles. The van der Waals surface area contributed by atoms with Crippen molar-refractivity contribution in [2.75, 3.05) is 49.2 Å². The third kappa shape index (κ3) is 3.79. The van der Waals surface area contributed by atoms with Crippen molar-refractivity contribution in [1.29, 1.82) is 0 Å². The molecule has 3 rings (SSSR count). The Balaban J connectivity index is 1.69. The number of ether oxygens (including phenoxy) is 2. The Morgan fingerprint density at radius 2 is 2.12 bits per heavy atom. The maximum Gasteiger partial charge on any atom is 0.414 e. The van der Waals surface area contributed by atoms with E-state index in [0.29, 0.717) is 13.1 Å². The first kappa shape index (κ1) is 17.0. The molecule has 7 nitrogen and oxygen atoms in total. The summed E-state index contributed by atoms with van der Waals surface area (Å²) in [6, 6.07) is 5.93. The van der Waals surface area contributed by atoms with Crippen LogP contribution in [0.15, 0.2) is 18.2 Å². The van der Waals surface area contributed by atoms with Gasteiger partial charge in [-0.3, -0.25) is 9.69 Å². The first-order valence-electron chi connectivity index (χ1n) is 7.99. The molecule has 1 N–H and O–H groups in total. The summed E-state index contributed by atoms with van der Waals surface area (Å²) < 4.78 is 10.7. The number of benzene rings is 1. The van der Waals surface area contributed by atoms with Crippen molar-refractivity contribution in [3.8, 4) is 0 Å². The third-order valence-corrected chi connectivity index (χ3v) is 4.59. The molecule has 2 heterocycles. The highest BCUT2D eigenvalue weighted by Gasteiger charge is 2.32. The highest BCUT2D eigenvalue weighted by molar-refractivity contribution is 7.28. The predicted octanol–water partition coefficient (Wildman–Crippen LogP) is 0.485. The van der Waals surface area contributed by atoms with Crippen molar-refractivity contribution in [2.45, 2.75) is 13.0 Å². The Kier molecular flexibility index (Phi) is 5.21. The summed E-state index contributed by atoms with van der Waals surface area (Å²) in [5, 5.41) is 3.71. The van der Waals surface area contributed by atoms with Crippen molar-refractivity contribution in [2.24, 2.45) is 0 Å². The van der Waals surface area contributed by atoms with E-state index >= 15 is 0 Å². The standard InChI is InChI=1S/C16H22N3O4P/c1-11(20)17-9-13-10-19(16(21)23-13)12-2-3-14(15(24)8-12)18-4-6-22-7-5-18/h2-3,8,13H,4-7,9-10,24H2,1H3,(H,17,20)/t13-/m0/s1. The number of morpholine rings is 1. The van der Waals surface area contributed by atoms with Crippen LogP contribution >= 0.6 is 9.24 Å². The lowest BCUT2D eigenvalue weighted by atomic mass is 10.2. The van der Waals surface area contributed by atoms with Gasteiger partial charge in [-0.05, 0) is 23.5 Å². The fourth-order valence-corrected chi connectivity index (χ4v) is 3.35. The van der Waals surface area contributed by atoms with E-state index in [4.69, 9.17) is 9.47 Å². The SMILES string of the molecule is CC(=O)NC[C@H]1CN(c2ccc(N3CCOCC3)c(P)c2)C(=O)O1. The van der Waals surface area contributed by atoms with Gasteiger partial charge in [-0.1, -0.05) is 0 Å². The number of hydrogen-bond donors (Lipinski definition) is 1. The summed E-state index contributed by atoms with van der Waals surface area (Å²) in [7, 11) is 2.74. The van der Waals surface area contributed by atoms with Crippen LogP contribution in [0.25, 0.3) is 0 Å². The quantitative estimate of drug-likeness (QED) is 0.800. The van der Waals surface area contributed by atoms with Gasteiger partial charge in [-0.25, -0.2) is 4.79 Å². The minimum atomic E-state index is -0.381. The summed E-state index contributed by atoms with van der Waals surface area (Å²) in [5.74, 6) is -0.133. The monoisotopic (exact) mass is 351 g/mol. The molecule has 1 aromatic carbocycles. The fraction of sp³-hybridized carbons (Fsp3) is 0.500. The zero-order valence-corrected chi connectivity index (χ0v) is 14.8. The van der Waals surface area contributed by atoms with E-state index in [1.807, 2.05) is 18.2 Å². The second-order valence-corrected chi connectivity index (χ2v) is 6.52. The summed E-state index contributed by atoms with van der Waals surface area (Å²) in [6.07, 6.45) is -0.706. The van der Waals surface area contributed by atoms with Crippen LogP contribution in [0.3, 0.4) is 0 Å². The average Bonchev–Trinajstić information content (AvgIpc) is 2.94. The molecule has 24 heavy (non-hydrogen) atoms. The van der Waals surface area contributed by atoms with Crippen molar-refractivity contribution >= 4 is 37.9 Å². The number of carbonyl (C=O) groups excluding carboxylic acids is 2. The number of anilines is 2. The second-order valence-electron chi connectivity index (χ2n) is 5.90. The first-order valence-corrected chi connectivity index (χ1v) is 8.57. The normalized spacial score (nSPS) is 20.9. The lowest BCUT2D eigenvalue weighted by Crippen LogP contribution is -2.38. The zero-order chi connectivity index (χ0) is 17.1. The van der Waals surface area contributed by atoms with Gasteiger partial charge in [0.1, 0.15) is 6.10 Å². The van der Waals surface area contributed by atoms with Gasteiger partial charge in [0.25, 0.3) is 0 Å². The molecular weight excluding hydrogens is 329 g/mol. The molecule has 2 atom stereocenters. The number of amides is 2. The number of rotatable bonds is 4. The van der Waals surface area contributed by atoms with Gasteiger partial charge in [-0.2, -0.15) is 0 Å². The van der Waals surface area contributed by atoms with E-state index in [0.717, 1.165) is 43.0 Å². The van der Waals surface area contributed by atoms with Gasteiger partial charge in [0, 0.05) is 31.4 Å². The highest BCUT2D eigenvalue weighted by atomic mass is 31.0. The number of carbonyl (C=O) groups is 2. The average molecular weight is 351 g/mol. The fourth-order valence-electron chi connectivity index (χ4n) is 2.90. The molecule has 2 fully saturated rings. The van der Waals surface area contributed by atoms with Crippen LogP contribution in [0, 0.1) is 0 Å². The van der Waals surface area contributed by atoms with Crippen LogP contribution in [0.4, 0.5) is 16.2 Å². The Bertz CT molecular complexity index is 634. The number of cyclic esters (lactones) is 1. The molecule has 0 radical (unpaired) electrons. The molecular formula is C16H22N3O4P. The summed E-state index contributed by atoms with van der Waals surface area (Å²) in [5.41, 5.74) is 1.93. The first-order chi connectivity index (χ1) is 11.5. The third-order valence-electron chi connectivity index (χ3n) is 4.13. The Morgan fingerprint density at radius 3 is 2.79 bits per heavy atom. The molecule has 0 aliphatic carbocycles. The predicted molar refractivity (Wildman–Crippen MR) is 95.1 cm³/mol. The van der Waals surface area contributed by atoms with Crippen LogP contribution in [0.1, 0.15) is 6.92 Å². The van der Waals surface area contributed by atoms with Crippen LogP contribution in [-0.2, 0) is 14.3 Å². The van der Waals surface area contributed by atoms with E-state index in [1.165, 1.54) is 6.92 Å². The van der Waals surface area contributed by atoms with Crippen molar-refractivity contribution in [3.63, 3.8) is 0 Å². The second kappa shape index (κ2) is 7.36. The van der Waals surface area contributed by atoms with Crippen LogP contribution in [0.5, 0.6) is 0 Å². The topological polar surface area (TPSA) is 71.1 Å². The van der Waals surface area contributed by atoms with E-state index in [1.54, 1.807) is 4.90 Å². The molecule has 0 spiro atoms. The van der Waals surface area contributed by atoms with Crippen molar-refractivity contribution in [1.82, 2.24) is 5.32 Å². The molecule has 2 amide bonds. The molecule has 2 aliphatic rings. The molecule has 130 valence electrons. The molecule has 0 aromatic heterocycles. The molecule has 0 bridgehead atoms. The van der Waals surface area contributed by atoms with E-state index in [9.17, 15) is 9.59 Å². The van der Waals surface area contributed by atoms with Crippen LogP contribution in [-0.4, -0.2) is 57.5 Å². The van der Waals surface area contributed by atoms with E-state index < -0.39 is 0 Å². The Labute approximate surface area is 143 Å². The molecule has 1 unspecified atom stereocenters. The summed E-state index contributed by atoms with van der Waals surface area (Å²) in [6.45, 7) is 5.40. The number of nitrogens with one attached hydrogen (secondary N) is 1. The highest BCUT2D eigenvalue weighted by Crippen LogP contribution is 2.25. The van der Waals surface area contributed by atoms with Gasteiger partial charge in [0.2, 0.25) is 5.91 Å². The van der Waals surface area contributed by atoms with E-state index in [2.05, 4.69) is 19.5 Å². The van der Waals surface area contributed by atoms with Gasteiger partial charge in [0.05, 0.1) is 26.3 Å². The van der Waals surface area contributed by atoms with Gasteiger partial charge in [-0.15, -0.1) is 9.24 Å². The maximum absolute atomic E-state index is 12.1. The largest absolute Gasteiger partial charge is 0.442 e. The van der Waals surface area contributed by atoms with Crippen molar-refractivity contribution in [3.05, 3.63) is 18.2 Å². The summed E-state index contributed by atoms with van der Waals surface area (Å²) in [4.78, 5) is 26.9. The lowest BCUT2D eigenvalue weighted by Gasteiger charge is -2.30. The summed E-state index contributed by atoms with van der Waals surface area (Å²) >= 11 is 0.